The molecule has 0 radical (unpaired) electrons. The molecule has 0 heterocycles. The van der Waals surface area contributed by atoms with Crippen LogP contribution in [0.25, 0.3) is 0 Å². The zero-order chi connectivity index (χ0) is 8.36. The van der Waals surface area contributed by atoms with Crippen LogP contribution in [0.2, 0.25) is 0 Å². The van der Waals surface area contributed by atoms with Crippen molar-refractivity contribution in [3.05, 3.63) is 12.3 Å². The predicted octanol–water partition coefficient (Wildman–Crippen LogP) is 3.21. The van der Waals surface area contributed by atoms with Crippen LogP contribution in [-0.4, -0.2) is 0 Å². The zero-order valence-electron chi connectivity index (χ0n) is 7.68. The third-order valence-electron chi connectivity index (χ3n) is 1.86. The summed E-state index contributed by atoms with van der Waals surface area (Å²) in [5.74, 6) is 0. The molecule has 0 saturated carbocycles. The average Bonchev–Trinajstić information content (AvgIpc) is 2.03. The molecule has 11 heavy (non-hydrogen) atoms. The van der Waals surface area contributed by atoms with Gasteiger partial charge in [0, 0.05) is 0 Å². The lowest BCUT2D eigenvalue weighted by Crippen LogP contribution is -1.79. The fraction of sp³-hybridized carbons (Fsp3) is 0.800. The van der Waals surface area contributed by atoms with Crippen LogP contribution in [0.5, 0.6) is 0 Å². The van der Waals surface area contributed by atoms with Crippen LogP contribution < -0.4 is 5.73 Å². The maximum atomic E-state index is 5.21. The Morgan fingerprint density at radius 3 is 2.27 bits per heavy atom. The summed E-state index contributed by atoms with van der Waals surface area (Å²) in [4.78, 5) is 0. The lowest BCUT2D eigenvalue weighted by atomic mass is 10.1. The van der Waals surface area contributed by atoms with E-state index in [1.165, 1.54) is 38.5 Å². The predicted molar refractivity (Wildman–Crippen MR) is 51.3 cm³/mol. The molecule has 0 unspecified atom stereocenters. The maximum Gasteiger partial charge on any atom is -0.0103 e. The molecule has 0 aromatic carbocycles. The molecule has 0 aliphatic heterocycles. The Morgan fingerprint density at radius 2 is 1.64 bits per heavy atom. The second-order valence-corrected chi connectivity index (χ2v) is 2.98. The van der Waals surface area contributed by atoms with Crippen molar-refractivity contribution in [2.24, 2.45) is 5.73 Å². The fourth-order valence-electron chi connectivity index (χ4n) is 1.14. The van der Waals surface area contributed by atoms with Crippen molar-refractivity contribution in [3.8, 4) is 0 Å². The first-order chi connectivity index (χ1) is 5.41. The highest BCUT2D eigenvalue weighted by Crippen LogP contribution is 2.06. The Kier molecular flexibility index (Phi) is 9.14. The second kappa shape index (κ2) is 9.54. The summed E-state index contributed by atoms with van der Waals surface area (Å²) in [6, 6.07) is 0. The highest BCUT2D eigenvalue weighted by Gasteiger charge is 1.87. The Morgan fingerprint density at radius 1 is 1.00 bits per heavy atom. The summed E-state index contributed by atoms with van der Waals surface area (Å²) in [7, 11) is 0. The van der Waals surface area contributed by atoms with Crippen molar-refractivity contribution in [3.63, 3.8) is 0 Å². The first-order valence-corrected chi connectivity index (χ1v) is 4.78. The maximum absolute atomic E-state index is 5.21. The summed E-state index contributed by atoms with van der Waals surface area (Å²) in [5.41, 5.74) is 5.21. The normalized spacial score (nSPS) is 11.0. The zero-order valence-corrected chi connectivity index (χ0v) is 7.68. The molecule has 2 N–H and O–H groups in total. The number of rotatable bonds is 7. The van der Waals surface area contributed by atoms with Crippen LogP contribution >= 0.6 is 0 Å². The van der Waals surface area contributed by atoms with E-state index >= 15 is 0 Å². The first kappa shape index (κ1) is 10.5. The molecule has 0 amide bonds. The number of hydrogen-bond donors (Lipinski definition) is 1. The van der Waals surface area contributed by atoms with Gasteiger partial charge in [0.1, 0.15) is 0 Å². The van der Waals surface area contributed by atoms with Gasteiger partial charge in [-0.3, -0.25) is 0 Å². The molecule has 0 rings (SSSR count). The van der Waals surface area contributed by atoms with Crippen molar-refractivity contribution in [1.82, 2.24) is 0 Å². The van der Waals surface area contributed by atoms with Gasteiger partial charge in [-0.05, 0) is 19.0 Å². The average molecular weight is 155 g/mol. The SMILES string of the molecule is CCCCCCCC/C=C/N. The van der Waals surface area contributed by atoms with Gasteiger partial charge in [0.05, 0.1) is 0 Å². The van der Waals surface area contributed by atoms with Gasteiger partial charge in [-0.2, -0.15) is 0 Å². The molecule has 0 aliphatic rings. The minimum Gasteiger partial charge on any atom is -0.405 e. The van der Waals surface area contributed by atoms with Gasteiger partial charge in [0.2, 0.25) is 0 Å². The van der Waals surface area contributed by atoms with E-state index in [1.54, 1.807) is 6.20 Å². The highest BCUT2D eigenvalue weighted by molar-refractivity contribution is 4.74. The molecule has 0 bridgehead atoms. The summed E-state index contributed by atoms with van der Waals surface area (Å²) < 4.78 is 0. The Labute approximate surface area is 70.7 Å². The van der Waals surface area contributed by atoms with Gasteiger partial charge in [-0.25, -0.2) is 0 Å². The van der Waals surface area contributed by atoms with Crippen LogP contribution in [0, 0.1) is 0 Å². The molecule has 0 aliphatic carbocycles. The van der Waals surface area contributed by atoms with E-state index in [1.807, 2.05) is 6.08 Å². The largest absolute Gasteiger partial charge is 0.405 e. The molecule has 0 atom stereocenters. The summed E-state index contributed by atoms with van der Waals surface area (Å²) in [6.07, 6.45) is 13.0. The van der Waals surface area contributed by atoms with Crippen molar-refractivity contribution >= 4 is 0 Å². The Balaban J connectivity index is 2.79. The number of allylic oxidation sites excluding steroid dienone is 1. The topological polar surface area (TPSA) is 26.0 Å². The molecular formula is C10H21N. The van der Waals surface area contributed by atoms with E-state index < -0.39 is 0 Å². The molecule has 66 valence electrons. The number of hydrogen-bond acceptors (Lipinski definition) is 1. The van der Waals surface area contributed by atoms with Gasteiger partial charge in [-0.15, -0.1) is 0 Å². The van der Waals surface area contributed by atoms with E-state index in [0.717, 1.165) is 6.42 Å². The smallest absolute Gasteiger partial charge is 0.0103 e. The number of unbranched alkanes of at least 4 members (excludes halogenated alkanes) is 6. The van der Waals surface area contributed by atoms with Crippen LogP contribution in [0.3, 0.4) is 0 Å². The summed E-state index contributed by atoms with van der Waals surface area (Å²) >= 11 is 0. The molecule has 0 fully saturated rings. The van der Waals surface area contributed by atoms with Gasteiger partial charge in [0.25, 0.3) is 0 Å². The molecule has 0 saturated heterocycles. The monoisotopic (exact) mass is 155 g/mol. The van der Waals surface area contributed by atoms with E-state index in [4.69, 9.17) is 5.73 Å². The minimum atomic E-state index is 1.16. The van der Waals surface area contributed by atoms with Crippen molar-refractivity contribution in [1.29, 1.82) is 0 Å². The first-order valence-electron chi connectivity index (χ1n) is 4.78. The minimum absolute atomic E-state index is 1.16. The van der Waals surface area contributed by atoms with E-state index in [-0.39, 0.29) is 0 Å². The van der Waals surface area contributed by atoms with Crippen LogP contribution in [0.4, 0.5) is 0 Å². The fourth-order valence-corrected chi connectivity index (χ4v) is 1.14. The van der Waals surface area contributed by atoms with E-state index in [0.29, 0.717) is 0 Å². The Bertz CT molecular complexity index is 86.9. The van der Waals surface area contributed by atoms with Gasteiger partial charge >= 0.3 is 0 Å². The molecule has 0 spiro atoms. The molecule has 1 heteroatoms. The lowest BCUT2D eigenvalue weighted by molar-refractivity contribution is 0.611. The van der Waals surface area contributed by atoms with Crippen molar-refractivity contribution < 1.29 is 0 Å². The second-order valence-electron chi connectivity index (χ2n) is 2.98. The van der Waals surface area contributed by atoms with Crippen LogP contribution in [0.15, 0.2) is 12.3 Å². The van der Waals surface area contributed by atoms with Gasteiger partial charge in [-0.1, -0.05) is 45.1 Å². The van der Waals surface area contributed by atoms with E-state index in [2.05, 4.69) is 6.92 Å². The van der Waals surface area contributed by atoms with Crippen LogP contribution in [0.1, 0.15) is 51.9 Å². The van der Waals surface area contributed by atoms with Crippen LogP contribution in [-0.2, 0) is 0 Å². The summed E-state index contributed by atoms with van der Waals surface area (Å²) in [6.45, 7) is 2.25. The summed E-state index contributed by atoms with van der Waals surface area (Å²) in [5, 5.41) is 0. The molecule has 1 nitrogen and oxygen atoms in total. The molecule has 0 aromatic heterocycles. The molecule has 0 aromatic rings. The van der Waals surface area contributed by atoms with Crippen molar-refractivity contribution in [2.45, 2.75) is 51.9 Å². The highest BCUT2D eigenvalue weighted by atomic mass is 14.5. The Hall–Kier alpha value is -0.460. The van der Waals surface area contributed by atoms with E-state index in [9.17, 15) is 0 Å². The van der Waals surface area contributed by atoms with Crippen molar-refractivity contribution in [2.75, 3.05) is 0 Å². The quantitative estimate of drug-likeness (QED) is 0.561. The van der Waals surface area contributed by atoms with Gasteiger partial charge in [0.15, 0.2) is 0 Å². The third-order valence-corrected chi connectivity index (χ3v) is 1.86. The third kappa shape index (κ3) is 9.54. The standard InChI is InChI=1S/C10H21N/c1-2-3-4-5-6-7-8-9-10-11/h9-10H,2-8,11H2,1H3/b10-9+. The number of nitrogens with two attached hydrogens (primary N) is 1. The molecular weight excluding hydrogens is 134 g/mol. The lowest BCUT2D eigenvalue weighted by Gasteiger charge is -1.96. The van der Waals surface area contributed by atoms with Gasteiger partial charge < -0.3 is 5.73 Å².